The SMILES string of the molecule is O=CNC(c1cc(OCCNC2N=CCN2)no1)[C@H](NC(=O)OCc1ccccc1)C(=O)O. The Bertz CT molecular complexity index is 951. The van der Waals surface area contributed by atoms with Gasteiger partial charge in [0.25, 0.3) is 5.88 Å². The third-order valence-corrected chi connectivity index (χ3v) is 4.49. The number of nitrogens with zero attached hydrogens (tertiary/aromatic N) is 2. The predicted molar refractivity (Wildman–Crippen MR) is 113 cm³/mol. The summed E-state index contributed by atoms with van der Waals surface area (Å²) in [6.45, 7) is 1.33. The summed E-state index contributed by atoms with van der Waals surface area (Å²) in [6.07, 6.45) is 0.896. The number of carboxylic acid groups (broad SMARTS) is 1. The van der Waals surface area contributed by atoms with Crippen molar-refractivity contribution in [2.45, 2.75) is 25.0 Å². The van der Waals surface area contributed by atoms with Gasteiger partial charge in [0.1, 0.15) is 19.3 Å². The number of nitrogens with one attached hydrogen (secondary N) is 4. The number of carbonyl (C=O) groups is 3. The van der Waals surface area contributed by atoms with E-state index in [1.165, 1.54) is 6.07 Å². The van der Waals surface area contributed by atoms with Crippen molar-refractivity contribution in [3.8, 4) is 5.88 Å². The number of carbonyl (C=O) groups excluding carboxylic acids is 2. The summed E-state index contributed by atoms with van der Waals surface area (Å²) < 4.78 is 15.7. The molecular weight excluding hydrogens is 436 g/mol. The van der Waals surface area contributed by atoms with Gasteiger partial charge in [-0.3, -0.25) is 20.4 Å². The average molecular weight is 460 g/mol. The van der Waals surface area contributed by atoms with Crippen molar-refractivity contribution in [1.82, 2.24) is 26.4 Å². The van der Waals surface area contributed by atoms with Gasteiger partial charge in [-0.1, -0.05) is 30.3 Å². The molecule has 0 fully saturated rings. The van der Waals surface area contributed by atoms with E-state index in [1.54, 1.807) is 30.5 Å². The van der Waals surface area contributed by atoms with Gasteiger partial charge in [0.2, 0.25) is 6.41 Å². The average Bonchev–Trinajstić information content (AvgIpc) is 3.50. The highest BCUT2D eigenvalue weighted by atomic mass is 16.6. The van der Waals surface area contributed by atoms with Crippen LogP contribution >= 0.6 is 0 Å². The van der Waals surface area contributed by atoms with Crippen LogP contribution in [0.15, 0.2) is 45.9 Å². The number of alkyl carbamates (subject to hydrolysis) is 1. The molecule has 3 rings (SSSR count). The fourth-order valence-corrected chi connectivity index (χ4v) is 2.93. The first kappa shape index (κ1) is 23.7. The number of hydrogen-bond acceptors (Lipinski definition) is 10. The minimum absolute atomic E-state index is 0.0251. The highest BCUT2D eigenvalue weighted by Crippen LogP contribution is 2.22. The molecule has 2 aromatic rings. The second-order valence-electron chi connectivity index (χ2n) is 6.80. The zero-order valence-electron chi connectivity index (χ0n) is 17.5. The summed E-state index contributed by atoms with van der Waals surface area (Å²) in [5.41, 5.74) is 0.726. The second-order valence-corrected chi connectivity index (χ2v) is 6.80. The van der Waals surface area contributed by atoms with E-state index in [-0.39, 0.29) is 31.1 Å². The first-order valence-electron chi connectivity index (χ1n) is 10.0. The Morgan fingerprint density at radius 3 is 2.85 bits per heavy atom. The lowest BCUT2D eigenvalue weighted by Crippen LogP contribution is -2.49. The van der Waals surface area contributed by atoms with E-state index in [0.29, 0.717) is 19.5 Å². The van der Waals surface area contributed by atoms with Crippen LogP contribution in [0.5, 0.6) is 5.88 Å². The molecule has 5 N–H and O–H groups in total. The van der Waals surface area contributed by atoms with Crippen LogP contribution in [0.1, 0.15) is 17.4 Å². The molecule has 33 heavy (non-hydrogen) atoms. The quantitative estimate of drug-likeness (QED) is 0.198. The summed E-state index contributed by atoms with van der Waals surface area (Å²) in [4.78, 5) is 39.2. The molecule has 2 amide bonds. The highest BCUT2D eigenvalue weighted by molar-refractivity contribution is 5.81. The van der Waals surface area contributed by atoms with E-state index in [1.807, 2.05) is 6.07 Å². The maximum absolute atomic E-state index is 12.2. The van der Waals surface area contributed by atoms with Crippen LogP contribution < -0.4 is 26.0 Å². The van der Waals surface area contributed by atoms with Crippen molar-refractivity contribution in [1.29, 1.82) is 0 Å². The van der Waals surface area contributed by atoms with Gasteiger partial charge < -0.3 is 29.7 Å². The van der Waals surface area contributed by atoms with Crippen LogP contribution in [0, 0.1) is 0 Å². The summed E-state index contributed by atoms with van der Waals surface area (Å²) in [7, 11) is 0. The van der Waals surface area contributed by atoms with Crippen molar-refractivity contribution in [2.75, 3.05) is 19.7 Å². The summed E-state index contributed by atoms with van der Waals surface area (Å²) in [5, 5.41) is 24.0. The molecule has 13 heteroatoms. The first-order chi connectivity index (χ1) is 16.1. The molecule has 0 spiro atoms. The Hall–Kier alpha value is -3.97. The zero-order chi connectivity index (χ0) is 23.5. The number of rotatable bonds is 13. The first-order valence-corrected chi connectivity index (χ1v) is 10.0. The minimum Gasteiger partial charge on any atom is -0.480 e. The molecule has 0 saturated carbocycles. The number of carboxylic acids is 1. The Balaban J connectivity index is 1.56. The number of hydrogen-bond donors (Lipinski definition) is 5. The summed E-state index contributed by atoms with van der Waals surface area (Å²) >= 11 is 0. The smallest absolute Gasteiger partial charge is 0.408 e. The Kier molecular flexibility index (Phi) is 8.73. The van der Waals surface area contributed by atoms with Crippen molar-refractivity contribution in [2.24, 2.45) is 4.99 Å². The number of amides is 2. The molecule has 0 saturated heterocycles. The Labute approximate surface area is 188 Å². The van der Waals surface area contributed by atoms with Gasteiger partial charge in [0.05, 0.1) is 0 Å². The van der Waals surface area contributed by atoms with E-state index >= 15 is 0 Å². The second kappa shape index (κ2) is 12.2. The van der Waals surface area contributed by atoms with Crippen LogP contribution in [0.4, 0.5) is 4.79 Å². The van der Waals surface area contributed by atoms with Crippen LogP contribution in [0.25, 0.3) is 0 Å². The molecular formula is C20H24N6O7. The topological polar surface area (TPSA) is 176 Å². The predicted octanol–water partition coefficient (Wildman–Crippen LogP) is -0.233. The van der Waals surface area contributed by atoms with E-state index in [0.717, 1.165) is 5.56 Å². The third-order valence-electron chi connectivity index (χ3n) is 4.49. The number of ether oxygens (including phenoxy) is 2. The number of benzene rings is 1. The third kappa shape index (κ3) is 7.29. The summed E-state index contributed by atoms with van der Waals surface area (Å²) in [5.74, 6) is -1.36. The van der Waals surface area contributed by atoms with Gasteiger partial charge in [0.15, 0.2) is 18.1 Å². The van der Waals surface area contributed by atoms with Crippen LogP contribution in [0.3, 0.4) is 0 Å². The lowest BCUT2D eigenvalue weighted by atomic mass is 10.1. The normalized spacial score (nSPS) is 16.5. The molecule has 3 atom stereocenters. The zero-order valence-corrected chi connectivity index (χ0v) is 17.5. The molecule has 2 unspecified atom stereocenters. The largest absolute Gasteiger partial charge is 0.480 e. The molecule has 1 aromatic heterocycles. The standard InChI is InChI=1S/C20H24N6O7/c27-12-24-16(14-10-15(26-33-14)31-9-8-23-19-21-6-7-22-19)17(18(28)29)25-20(30)32-11-13-4-2-1-3-5-13/h1-6,10,12,16-17,19,22-23H,7-9,11H2,(H,24,27)(H,25,30)(H,28,29)/t16?,17-,19?/m0/s1. The van der Waals surface area contributed by atoms with Gasteiger partial charge in [-0.05, 0) is 10.7 Å². The van der Waals surface area contributed by atoms with Gasteiger partial charge >= 0.3 is 12.1 Å². The number of aliphatic imine (C=N–C) groups is 1. The van der Waals surface area contributed by atoms with Crippen molar-refractivity contribution in [3.63, 3.8) is 0 Å². The molecule has 176 valence electrons. The maximum Gasteiger partial charge on any atom is 0.408 e. The van der Waals surface area contributed by atoms with Gasteiger partial charge in [-0.25, -0.2) is 9.59 Å². The Morgan fingerprint density at radius 1 is 1.33 bits per heavy atom. The maximum atomic E-state index is 12.2. The molecule has 0 radical (unpaired) electrons. The van der Waals surface area contributed by atoms with E-state index in [2.05, 4.69) is 31.4 Å². The molecule has 1 aliphatic rings. The molecule has 13 nitrogen and oxygen atoms in total. The van der Waals surface area contributed by atoms with Gasteiger partial charge in [-0.15, -0.1) is 0 Å². The monoisotopic (exact) mass is 460 g/mol. The van der Waals surface area contributed by atoms with Crippen molar-refractivity contribution < 1.29 is 33.5 Å². The lowest BCUT2D eigenvalue weighted by Gasteiger charge is -2.21. The van der Waals surface area contributed by atoms with E-state index < -0.39 is 24.1 Å². The van der Waals surface area contributed by atoms with Gasteiger partial charge in [-0.2, -0.15) is 0 Å². The van der Waals surface area contributed by atoms with Crippen LogP contribution in [0.2, 0.25) is 0 Å². The van der Waals surface area contributed by atoms with Crippen molar-refractivity contribution in [3.05, 3.63) is 47.7 Å². The fraction of sp³-hybridized carbons (Fsp3) is 0.350. The van der Waals surface area contributed by atoms with Crippen LogP contribution in [-0.2, 0) is 20.9 Å². The van der Waals surface area contributed by atoms with Crippen molar-refractivity contribution >= 4 is 24.7 Å². The van der Waals surface area contributed by atoms with Gasteiger partial charge in [0, 0.05) is 25.4 Å². The molecule has 0 aliphatic carbocycles. The molecule has 1 aromatic carbocycles. The molecule has 2 heterocycles. The number of aromatic nitrogens is 1. The Morgan fingerprint density at radius 2 is 2.15 bits per heavy atom. The lowest BCUT2D eigenvalue weighted by molar-refractivity contribution is -0.140. The van der Waals surface area contributed by atoms with Crippen LogP contribution in [-0.4, -0.2) is 67.0 Å². The van der Waals surface area contributed by atoms with E-state index in [4.69, 9.17) is 14.0 Å². The summed E-state index contributed by atoms with van der Waals surface area (Å²) in [6, 6.07) is 7.35. The highest BCUT2D eigenvalue weighted by Gasteiger charge is 2.34. The molecule has 1 aliphatic heterocycles. The fourth-order valence-electron chi connectivity index (χ4n) is 2.93. The van der Waals surface area contributed by atoms with E-state index in [9.17, 15) is 19.5 Å². The minimum atomic E-state index is -1.59. The number of aliphatic carboxylic acids is 1. The molecule has 0 bridgehead atoms.